The second-order valence-corrected chi connectivity index (χ2v) is 11.0. The van der Waals surface area contributed by atoms with Crippen molar-refractivity contribution in [3.05, 3.63) is 64.6 Å². The SMILES string of the molecule is C=C(C/C=C\C(=C/C)N(C)C)C1=C(C(C)(C)C)C=C=C(C(C)(C)CCC(C)C)CC1. The Morgan fingerprint density at radius 1 is 1.17 bits per heavy atom. The Kier molecular flexibility index (Phi) is 9.70. The molecular formula is C29H47N. The Labute approximate surface area is 188 Å². The summed E-state index contributed by atoms with van der Waals surface area (Å²) in [4.78, 5) is 2.14. The summed E-state index contributed by atoms with van der Waals surface area (Å²) in [6, 6.07) is 0. The van der Waals surface area contributed by atoms with Crippen LogP contribution in [-0.2, 0) is 0 Å². The first-order chi connectivity index (χ1) is 13.8. The molecule has 1 rings (SSSR count). The van der Waals surface area contributed by atoms with Crippen molar-refractivity contribution in [2.24, 2.45) is 16.7 Å². The van der Waals surface area contributed by atoms with Crippen molar-refractivity contribution >= 4 is 0 Å². The second kappa shape index (κ2) is 11.1. The minimum absolute atomic E-state index is 0.0879. The van der Waals surface area contributed by atoms with Gasteiger partial charge in [-0.3, -0.25) is 0 Å². The third kappa shape index (κ3) is 7.84. The Morgan fingerprint density at radius 2 is 1.80 bits per heavy atom. The van der Waals surface area contributed by atoms with Crippen LogP contribution < -0.4 is 0 Å². The average molecular weight is 410 g/mol. The zero-order chi connectivity index (χ0) is 23.1. The van der Waals surface area contributed by atoms with Crippen LogP contribution in [0.5, 0.6) is 0 Å². The highest BCUT2D eigenvalue weighted by Crippen LogP contribution is 2.41. The summed E-state index contributed by atoms with van der Waals surface area (Å²) >= 11 is 0. The van der Waals surface area contributed by atoms with Gasteiger partial charge in [0.1, 0.15) is 0 Å². The first-order valence-electron chi connectivity index (χ1n) is 11.7. The zero-order valence-corrected chi connectivity index (χ0v) is 21.6. The fraction of sp³-hybridized carbons (Fsp3) is 0.621. The predicted molar refractivity (Wildman–Crippen MR) is 136 cm³/mol. The van der Waals surface area contributed by atoms with Crippen LogP contribution in [0.2, 0.25) is 0 Å². The van der Waals surface area contributed by atoms with Crippen LogP contribution in [0.1, 0.15) is 87.5 Å². The fourth-order valence-electron chi connectivity index (χ4n) is 4.02. The quantitative estimate of drug-likeness (QED) is 0.272. The summed E-state index contributed by atoms with van der Waals surface area (Å²) in [5.41, 5.74) is 10.8. The standard InChI is InChI=1S/C29H47N/c1-12-25(30(10)11)15-13-14-23(4)26-18-16-24(17-19-27(26)28(5,6)7)29(8,9)21-20-22(2)3/h12-13,15,19,22H,4,14,16,18,20-21H2,1-3,5-11H3/b15-13-,25-12+. The van der Waals surface area contributed by atoms with E-state index in [1.165, 1.54) is 40.8 Å². The molecule has 0 saturated heterocycles. The lowest BCUT2D eigenvalue weighted by Gasteiger charge is -2.28. The number of hydrogen-bond donors (Lipinski definition) is 0. The molecule has 0 amide bonds. The van der Waals surface area contributed by atoms with Gasteiger partial charge in [-0.2, -0.15) is 0 Å². The highest BCUT2D eigenvalue weighted by Gasteiger charge is 2.27. The molecule has 0 aliphatic heterocycles. The van der Waals surface area contributed by atoms with Crippen LogP contribution in [0.4, 0.5) is 0 Å². The molecule has 1 aliphatic carbocycles. The monoisotopic (exact) mass is 409 g/mol. The van der Waals surface area contributed by atoms with E-state index in [0.717, 1.165) is 25.2 Å². The van der Waals surface area contributed by atoms with E-state index in [0.29, 0.717) is 0 Å². The summed E-state index contributed by atoms with van der Waals surface area (Å²) in [6.45, 7) is 22.9. The molecule has 30 heavy (non-hydrogen) atoms. The Bertz CT molecular complexity index is 751. The summed E-state index contributed by atoms with van der Waals surface area (Å²) in [6.07, 6.45) is 14.4. The molecule has 0 bridgehead atoms. The number of allylic oxidation sites excluding steroid dienone is 7. The van der Waals surface area contributed by atoms with E-state index in [4.69, 9.17) is 0 Å². The van der Waals surface area contributed by atoms with Crippen LogP contribution in [0.25, 0.3) is 0 Å². The van der Waals surface area contributed by atoms with Gasteiger partial charge in [0.15, 0.2) is 0 Å². The van der Waals surface area contributed by atoms with E-state index >= 15 is 0 Å². The molecule has 0 aromatic carbocycles. The summed E-state index contributed by atoms with van der Waals surface area (Å²) in [5, 5.41) is 0. The summed E-state index contributed by atoms with van der Waals surface area (Å²) < 4.78 is 0. The minimum atomic E-state index is 0.0879. The molecule has 0 heterocycles. The number of rotatable bonds is 9. The molecule has 0 fully saturated rings. The second-order valence-electron chi connectivity index (χ2n) is 11.0. The molecule has 0 spiro atoms. The van der Waals surface area contributed by atoms with Crippen molar-refractivity contribution < 1.29 is 0 Å². The van der Waals surface area contributed by atoms with Gasteiger partial charge >= 0.3 is 0 Å². The molecular weight excluding hydrogens is 362 g/mol. The van der Waals surface area contributed by atoms with Crippen molar-refractivity contribution in [3.63, 3.8) is 0 Å². The van der Waals surface area contributed by atoms with Crippen LogP contribution in [0.15, 0.2) is 64.6 Å². The van der Waals surface area contributed by atoms with Crippen LogP contribution in [-0.4, -0.2) is 19.0 Å². The normalized spacial score (nSPS) is 16.4. The van der Waals surface area contributed by atoms with Gasteiger partial charge in [-0.05, 0) is 83.8 Å². The van der Waals surface area contributed by atoms with Crippen LogP contribution in [0.3, 0.4) is 0 Å². The van der Waals surface area contributed by atoms with Gasteiger partial charge in [-0.25, -0.2) is 0 Å². The third-order valence-electron chi connectivity index (χ3n) is 6.20. The van der Waals surface area contributed by atoms with Crippen molar-refractivity contribution in [1.29, 1.82) is 0 Å². The number of nitrogens with zero attached hydrogens (tertiary/aromatic N) is 1. The first-order valence-corrected chi connectivity index (χ1v) is 11.7. The molecule has 0 N–H and O–H groups in total. The van der Waals surface area contributed by atoms with Gasteiger partial charge in [0, 0.05) is 19.8 Å². The lowest BCUT2D eigenvalue weighted by Crippen LogP contribution is -2.15. The zero-order valence-electron chi connectivity index (χ0n) is 21.6. The Morgan fingerprint density at radius 3 is 2.30 bits per heavy atom. The molecule has 0 aromatic heterocycles. The van der Waals surface area contributed by atoms with Gasteiger partial charge in [0.05, 0.1) is 0 Å². The maximum absolute atomic E-state index is 4.50. The van der Waals surface area contributed by atoms with Gasteiger partial charge in [-0.15, -0.1) is 5.73 Å². The fourth-order valence-corrected chi connectivity index (χ4v) is 4.02. The smallest absolute Gasteiger partial charge is 0.0314 e. The Balaban J connectivity index is 3.18. The highest BCUT2D eigenvalue weighted by atomic mass is 15.1. The van der Waals surface area contributed by atoms with Crippen molar-refractivity contribution in [1.82, 2.24) is 4.90 Å². The molecule has 168 valence electrons. The average Bonchev–Trinajstić information content (AvgIpc) is 2.86. The largest absolute Gasteiger partial charge is 0.378 e. The summed E-state index contributed by atoms with van der Waals surface area (Å²) in [7, 11) is 4.16. The lowest BCUT2D eigenvalue weighted by atomic mass is 9.76. The van der Waals surface area contributed by atoms with Crippen LogP contribution >= 0.6 is 0 Å². The van der Waals surface area contributed by atoms with Gasteiger partial charge in [0.25, 0.3) is 0 Å². The number of likely N-dealkylation sites (N-methyl/N-ethyl adjacent to an activating group) is 1. The van der Waals surface area contributed by atoms with Crippen molar-refractivity contribution in [2.75, 3.05) is 14.1 Å². The molecule has 0 unspecified atom stereocenters. The van der Waals surface area contributed by atoms with E-state index in [2.05, 4.69) is 111 Å². The third-order valence-corrected chi connectivity index (χ3v) is 6.20. The maximum atomic E-state index is 4.50. The maximum Gasteiger partial charge on any atom is 0.0314 e. The number of hydrogen-bond acceptors (Lipinski definition) is 1. The summed E-state index contributed by atoms with van der Waals surface area (Å²) in [5.74, 6) is 0.745. The van der Waals surface area contributed by atoms with Crippen LogP contribution in [0, 0.1) is 16.7 Å². The minimum Gasteiger partial charge on any atom is -0.378 e. The molecule has 1 nitrogen and oxygen atoms in total. The predicted octanol–water partition coefficient (Wildman–Crippen LogP) is 8.63. The van der Waals surface area contributed by atoms with E-state index in [9.17, 15) is 0 Å². The molecule has 0 aromatic rings. The van der Waals surface area contributed by atoms with E-state index in [-0.39, 0.29) is 10.8 Å². The van der Waals surface area contributed by atoms with Crippen molar-refractivity contribution in [3.8, 4) is 0 Å². The van der Waals surface area contributed by atoms with E-state index < -0.39 is 0 Å². The van der Waals surface area contributed by atoms with E-state index in [1.807, 2.05) is 0 Å². The molecule has 0 atom stereocenters. The Hall–Kier alpha value is -1.72. The molecule has 0 saturated carbocycles. The molecule has 1 heteroatoms. The van der Waals surface area contributed by atoms with E-state index in [1.54, 1.807) is 0 Å². The molecule has 0 radical (unpaired) electrons. The van der Waals surface area contributed by atoms with Gasteiger partial charge in [-0.1, -0.05) is 73.6 Å². The van der Waals surface area contributed by atoms with Gasteiger partial charge in [0.2, 0.25) is 0 Å². The van der Waals surface area contributed by atoms with Crippen molar-refractivity contribution in [2.45, 2.75) is 87.5 Å². The topological polar surface area (TPSA) is 3.24 Å². The lowest BCUT2D eigenvalue weighted by molar-refractivity contribution is 0.353. The highest BCUT2D eigenvalue weighted by molar-refractivity contribution is 5.45. The van der Waals surface area contributed by atoms with Gasteiger partial charge < -0.3 is 4.90 Å². The molecule has 1 aliphatic rings. The first kappa shape index (κ1) is 26.3.